The van der Waals surface area contributed by atoms with Crippen molar-refractivity contribution in [3.8, 4) is 11.3 Å². The minimum atomic E-state index is -4.49. The molecule has 1 heterocycles. The van der Waals surface area contributed by atoms with E-state index in [2.05, 4.69) is 10.6 Å². The summed E-state index contributed by atoms with van der Waals surface area (Å²) in [4.78, 5) is 24.2. The zero-order chi connectivity index (χ0) is 23.1. The number of hydrogen-bond donors (Lipinski definition) is 2. The quantitative estimate of drug-likeness (QED) is 0.472. The highest BCUT2D eigenvalue weighted by Crippen LogP contribution is 2.32. The third-order valence-electron chi connectivity index (χ3n) is 4.19. The van der Waals surface area contributed by atoms with Gasteiger partial charge in [-0.2, -0.15) is 13.2 Å². The van der Waals surface area contributed by atoms with Gasteiger partial charge in [0.25, 0.3) is 5.91 Å². The maximum Gasteiger partial charge on any atom is 0.416 e. The number of anilines is 2. The number of halogens is 3. The van der Waals surface area contributed by atoms with Crippen LogP contribution in [0, 0.1) is 0 Å². The molecular formula is C22H19F3N2O5. The summed E-state index contributed by atoms with van der Waals surface area (Å²) < 4.78 is 53.9. The van der Waals surface area contributed by atoms with E-state index in [1.165, 1.54) is 37.4 Å². The molecule has 7 nitrogen and oxygen atoms in total. The molecule has 2 amide bonds. The van der Waals surface area contributed by atoms with Gasteiger partial charge in [0.1, 0.15) is 12.4 Å². The Morgan fingerprint density at radius 3 is 2.38 bits per heavy atom. The summed E-state index contributed by atoms with van der Waals surface area (Å²) in [6, 6.07) is 13.7. The Hall–Kier alpha value is -3.79. The Labute approximate surface area is 181 Å². The van der Waals surface area contributed by atoms with E-state index in [0.29, 0.717) is 11.4 Å². The second-order valence-electron chi connectivity index (χ2n) is 6.53. The molecule has 0 atom stereocenters. The van der Waals surface area contributed by atoms with Crippen molar-refractivity contribution in [2.24, 2.45) is 0 Å². The molecule has 0 saturated heterocycles. The summed E-state index contributed by atoms with van der Waals surface area (Å²) in [5, 5.41) is 5.11. The van der Waals surface area contributed by atoms with Gasteiger partial charge in [0, 0.05) is 24.0 Å². The number of rotatable bonds is 7. The van der Waals surface area contributed by atoms with Gasteiger partial charge in [-0.05, 0) is 42.5 Å². The molecule has 32 heavy (non-hydrogen) atoms. The van der Waals surface area contributed by atoms with Gasteiger partial charge in [0.2, 0.25) is 0 Å². The van der Waals surface area contributed by atoms with Crippen LogP contribution in [0.3, 0.4) is 0 Å². The number of nitrogens with one attached hydrogen (secondary N) is 2. The Morgan fingerprint density at radius 2 is 1.66 bits per heavy atom. The molecule has 2 aromatic carbocycles. The Balaban J connectivity index is 1.66. The number of hydrogen-bond acceptors (Lipinski definition) is 5. The van der Waals surface area contributed by atoms with E-state index in [0.717, 1.165) is 12.1 Å². The second kappa shape index (κ2) is 10.0. The van der Waals surface area contributed by atoms with Gasteiger partial charge in [-0.15, -0.1) is 0 Å². The molecular weight excluding hydrogens is 429 g/mol. The fourth-order valence-electron chi connectivity index (χ4n) is 2.70. The second-order valence-corrected chi connectivity index (χ2v) is 6.53. The molecule has 10 heteroatoms. The lowest BCUT2D eigenvalue weighted by Crippen LogP contribution is -2.16. The molecule has 0 saturated carbocycles. The van der Waals surface area contributed by atoms with Gasteiger partial charge in [-0.25, -0.2) is 4.79 Å². The zero-order valence-corrected chi connectivity index (χ0v) is 16.9. The normalized spacial score (nSPS) is 11.1. The molecule has 0 aliphatic heterocycles. The monoisotopic (exact) mass is 448 g/mol. The van der Waals surface area contributed by atoms with Crippen LogP contribution in [0.15, 0.2) is 65.1 Å². The molecule has 0 bridgehead atoms. The lowest BCUT2D eigenvalue weighted by Gasteiger charge is -2.09. The molecule has 0 unspecified atom stereocenters. The summed E-state index contributed by atoms with van der Waals surface area (Å²) in [5.41, 5.74) is 0.121. The molecule has 1 aromatic heterocycles. The van der Waals surface area contributed by atoms with Crippen molar-refractivity contribution in [1.29, 1.82) is 0 Å². The van der Waals surface area contributed by atoms with Gasteiger partial charge >= 0.3 is 12.3 Å². The molecule has 0 fully saturated rings. The van der Waals surface area contributed by atoms with Crippen LogP contribution in [0.25, 0.3) is 11.3 Å². The highest BCUT2D eigenvalue weighted by molar-refractivity contribution is 6.03. The summed E-state index contributed by atoms with van der Waals surface area (Å²) >= 11 is 0. The molecule has 2 N–H and O–H groups in total. The number of carbonyl (C=O) groups excluding carboxylic acids is 2. The van der Waals surface area contributed by atoms with Crippen molar-refractivity contribution in [2.75, 3.05) is 31.0 Å². The van der Waals surface area contributed by atoms with Crippen molar-refractivity contribution >= 4 is 23.4 Å². The number of amides is 2. The highest BCUT2D eigenvalue weighted by Gasteiger charge is 2.30. The van der Waals surface area contributed by atoms with Crippen molar-refractivity contribution in [2.45, 2.75) is 6.18 Å². The minimum absolute atomic E-state index is 0.0882. The van der Waals surface area contributed by atoms with E-state index in [4.69, 9.17) is 13.9 Å². The number of furan rings is 1. The largest absolute Gasteiger partial charge is 0.451 e. The Bertz CT molecular complexity index is 1090. The van der Waals surface area contributed by atoms with Crippen LogP contribution in [-0.4, -0.2) is 32.3 Å². The smallest absolute Gasteiger partial charge is 0.416 e. The third kappa shape index (κ3) is 6.11. The summed E-state index contributed by atoms with van der Waals surface area (Å²) in [6.07, 6.45) is -5.17. The number of benzene rings is 2. The molecule has 3 aromatic rings. The molecule has 168 valence electrons. The van der Waals surface area contributed by atoms with Crippen molar-refractivity contribution < 1.29 is 36.7 Å². The summed E-state index contributed by atoms with van der Waals surface area (Å²) in [6.45, 7) is 0.348. The highest BCUT2D eigenvalue weighted by atomic mass is 19.4. The van der Waals surface area contributed by atoms with E-state index < -0.39 is 23.7 Å². The fraction of sp³-hybridized carbons (Fsp3) is 0.182. The van der Waals surface area contributed by atoms with Crippen LogP contribution in [0.1, 0.15) is 16.1 Å². The van der Waals surface area contributed by atoms with Gasteiger partial charge in [0.15, 0.2) is 5.76 Å². The van der Waals surface area contributed by atoms with Crippen molar-refractivity contribution in [3.05, 3.63) is 72.0 Å². The molecule has 3 rings (SSSR count). The average Bonchev–Trinajstić information content (AvgIpc) is 3.24. The predicted octanol–water partition coefficient (Wildman–Crippen LogP) is 5.41. The lowest BCUT2D eigenvalue weighted by molar-refractivity contribution is -0.137. The predicted molar refractivity (Wildman–Crippen MR) is 110 cm³/mol. The van der Waals surface area contributed by atoms with E-state index >= 15 is 0 Å². The average molecular weight is 448 g/mol. The first-order valence-corrected chi connectivity index (χ1v) is 9.38. The molecule has 0 radical (unpaired) electrons. The Morgan fingerprint density at radius 1 is 0.938 bits per heavy atom. The number of carbonyl (C=O) groups is 2. The Kier molecular flexibility index (Phi) is 7.16. The van der Waals surface area contributed by atoms with E-state index in [-0.39, 0.29) is 30.3 Å². The minimum Gasteiger partial charge on any atom is -0.451 e. The maximum absolute atomic E-state index is 12.9. The molecule has 0 spiro atoms. The first-order valence-electron chi connectivity index (χ1n) is 9.38. The number of methoxy groups -OCH3 is 1. The van der Waals surface area contributed by atoms with Crippen LogP contribution < -0.4 is 10.6 Å². The van der Waals surface area contributed by atoms with Gasteiger partial charge < -0.3 is 19.2 Å². The van der Waals surface area contributed by atoms with Crippen LogP contribution in [0.4, 0.5) is 29.3 Å². The summed E-state index contributed by atoms with van der Waals surface area (Å²) in [7, 11) is 1.48. The van der Waals surface area contributed by atoms with Crippen molar-refractivity contribution in [1.82, 2.24) is 0 Å². The van der Waals surface area contributed by atoms with Crippen molar-refractivity contribution in [3.63, 3.8) is 0 Å². The fourth-order valence-corrected chi connectivity index (χ4v) is 2.70. The zero-order valence-electron chi connectivity index (χ0n) is 16.9. The lowest BCUT2D eigenvalue weighted by atomic mass is 10.1. The maximum atomic E-state index is 12.9. The summed E-state index contributed by atoms with van der Waals surface area (Å²) in [5.74, 6) is -0.576. The van der Waals surface area contributed by atoms with E-state index in [9.17, 15) is 22.8 Å². The van der Waals surface area contributed by atoms with E-state index in [1.807, 2.05) is 0 Å². The number of alkyl halides is 3. The van der Waals surface area contributed by atoms with Crippen LogP contribution in [0.2, 0.25) is 0 Å². The first kappa shape index (κ1) is 22.9. The topological polar surface area (TPSA) is 89.8 Å². The molecule has 0 aliphatic rings. The van der Waals surface area contributed by atoms with Crippen LogP contribution in [-0.2, 0) is 15.7 Å². The van der Waals surface area contributed by atoms with Gasteiger partial charge in [-0.3, -0.25) is 10.1 Å². The number of ether oxygens (including phenoxy) is 2. The van der Waals surface area contributed by atoms with Gasteiger partial charge in [0.05, 0.1) is 12.2 Å². The third-order valence-corrected chi connectivity index (χ3v) is 4.19. The standard InChI is InChI=1S/C22H19F3N2O5/c1-30-10-11-31-21(29)27-17-7-3-6-16(13-17)26-20(28)19-9-8-18(32-19)14-4-2-5-15(12-14)22(23,24)25/h2-9,12-13H,10-11H2,1H3,(H,26,28)(H,27,29). The van der Waals surface area contributed by atoms with Crippen LogP contribution in [0.5, 0.6) is 0 Å². The molecule has 0 aliphatic carbocycles. The SMILES string of the molecule is COCCOC(=O)Nc1cccc(NC(=O)c2ccc(-c3cccc(C(F)(F)F)c3)o2)c1. The van der Waals surface area contributed by atoms with Crippen LogP contribution >= 0.6 is 0 Å². The first-order chi connectivity index (χ1) is 15.3. The van der Waals surface area contributed by atoms with E-state index in [1.54, 1.807) is 18.2 Å². The van der Waals surface area contributed by atoms with Gasteiger partial charge in [-0.1, -0.05) is 18.2 Å².